The zero-order chi connectivity index (χ0) is 18.9. The molecule has 140 valence electrons. The lowest BCUT2D eigenvalue weighted by molar-refractivity contribution is 0.0757. The number of benzene rings is 1. The van der Waals surface area contributed by atoms with Gasteiger partial charge in [-0.2, -0.15) is 0 Å². The standard InChI is InChI=1S/C18H24N4O3S/c1-4-15-21-22-18(26-15)17(24)20-14-8-5-7-13(11-14)16(23)19-9-6-10-25-12(2)3/h5,7-8,11-12H,4,6,9-10H2,1-3H3,(H,19,23)(H,20,24). The summed E-state index contributed by atoms with van der Waals surface area (Å²) in [6.45, 7) is 7.05. The average Bonchev–Trinajstić information content (AvgIpc) is 3.10. The van der Waals surface area contributed by atoms with Crippen LogP contribution in [0.5, 0.6) is 0 Å². The Kier molecular flexibility index (Phi) is 7.68. The quantitative estimate of drug-likeness (QED) is 0.657. The number of amides is 2. The van der Waals surface area contributed by atoms with Crippen molar-refractivity contribution in [2.75, 3.05) is 18.5 Å². The number of carbonyl (C=O) groups is 2. The number of hydrogen-bond acceptors (Lipinski definition) is 6. The molecule has 2 N–H and O–H groups in total. The van der Waals surface area contributed by atoms with Crippen molar-refractivity contribution in [1.29, 1.82) is 0 Å². The SMILES string of the molecule is CCc1nnc(C(=O)Nc2cccc(C(=O)NCCCOC(C)C)c2)s1. The van der Waals surface area contributed by atoms with Crippen molar-refractivity contribution in [2.24, 2.45) is 0 Å². The molecule has 0 aliphatic carbocycles. The number of nitrogens with one attached hydrogen (secondary N) is 2. The average molecular weight is 376 g/mol. The van der Waals surface area contributed by atoms with Crippen LogP contribution in [0, 0.1) is 0 Å². The van der Waals surface area contributed by atoms with E-state index in [0.717, 1.165) is 17.8 Å². The highest BCUT2D eigenvalue weighted by Crippen LogP contribution is 2.15. The third kappa shape index (κ3) is 6.20. The van der Waals surface area contributed by atoms with Crippen LogP contribution in [0.4, 0.5) is 5.69 Å². The third-order valence-electron chi connectivity index (χ3n) is 3.40. The predicted molar refractivity (Wildman–Crippen MR) is 102 cm³/mol. The van der Waals surface area contributed by atoms with Gasteiger partial charge in [0.05, 0.1) is 6.10 Å². The summed E-state index contributed by atoms with van der Waals surface area (Å²) in [5, 5.41) is 14.5. The Balaban J connectivity index is 1.88. The lowest BCUT2D eigenvalue weighted by atomic mass is 10.2. The fourth-order valence-corrected chi connectivity index (χ4v) is 2.78. The molecule has 0 fully saturated rings. The van der Waals surface area contributed by atoms with Crippen molar-refractivity contribution in [3.8, 4) is 0 Å². The fraction of sp³-hybridized carbons (Fsp3) is 0.444. The second-order valence-corrected chi connectivity index (χ2v) is 6.98. The topological polar surface area (TPSA) is 93.2 Å². The van der Waals surface area contributed by atoms with Crippen molar-refractivity contribution in [2.45, 2.75) is 39.7 Å². The largest absolute Gasteiger partial charge is 0.379 e. The van der Waals surface area contributed by atoms with Gasteiger partial charge in [0.25, 0.3) is 11.8 Å². The number of hydrogen-bond donors (Lipinski definition) is 2. The van der Waals surface area contributed by atoms with E-state index in [9.17, 15) is 9.59 Å². The molecule has 1 aromatic carbocycles. The highest BCUT2D eigenvalue weighted by atomic mass is 32.1. The first-order valence-corrected chi connectivity index (χ1v) is 9.44. The van der Waals surface area contributed by atoms with Crippen molar-refractivity contribution >= 4 is 28.8 Å². The molecule has 2 amide bonds. The highest BCUT2D eigenvalue weighted by molar-refractivity contribution is 7.13. The van der Waals surface area contributed by atoms with Gasteiger partial charge in [0.1, 0.15) is 5.01 Å². The first-order chi connectivity index (χ1) is 12.5. The molecule has 7 nitrogen and oxygen atoms in total. The molecule has 26 heavy (non-hydrogen) atoms. The maximum Gasteiger partial charge on any atom is 0.286 e. The number of aryl methyl sites for hydroxylation is 1. The normalized spacial score (nSPS) is 10.8. The molecule has 2 aromatic rings. The predicted octanol–water partition coefficient (Wildman–Crippen LogP) is 2.90. The van der Waals surface area contributed by atoms with Gasteiger partial charge in [-0.15, -0.1) is 10.2 Å². The zero-order valence-electron chi connectivity index (χ0n) is 15.2. The van der Waals surface area contributed by atoms with Gasteiger partial charge in [-0.05, 0) is 44.9 Å². The van der Waals surface area contributed by atoms with E-state index in [1.807, 2.05) is 20.8 Å². The van der Waals surface area contributed by atoms with Gasteiger partial charge in [0.15, 0.2) is 0 Å². The second-order valence-electron chi connectivity index (χ2n) is 5.92. The molecule has 0 saturated heterocycles. The number of rotatable bonds is 9. The van der Waals surface area contributed by atoms with Crippen LogP contribution < -0.4 is 10.6 Å². The molecule has 0 aliphatic rings. The van der Waals surface area contributed by atoms with Crippen LogP contribution in [0.3, 0.4) is 0 Å². The summed E-state index contributed by atoms with van der Waals surface area (Å²) >= 11 is 1.26. The Morgan fingerprint density at radius 1 is 1.23 bits per heavy atom. The summed E-state index contributed by atoms with van der Waals surface area (Å²) in [5.74, 6) is -0.513. The summed E-state index contributed by atoms with van der Waals surface area (Å²) in [4.78, 5) is 24.4. The third-order valence-corrected chi connectivity index (χ3v) is 4.47. The Bertz CT molecular complexity index is 746. The molecular formula is C18H24N4O3S. The number of carbonyl (C=O) groups excluding carboxylic acids is 2. The Morgan fingerprint density at radius 2 is 2.04 bits per heavy atom. The van der Waals surface area contributed by atoms with Crippen LogP contribution in [0.15, 0.2) is 24.3 Å². The van der Waals surface area contributed by atoms with Gasteiger partial charge in [0, 0.05) is 24.4 Å². The first-order valence-electron chi connectivity index (χ1n) is 8.63. The van der Waals surface area contributed by atoms with Crippen LogP contribution in [0.1, 0.15) is 52.4 Å². The Morgan fingerprint density at radius 3 is 2.73 bits per heavy atom. The van der Waals surface area contributed by atoms with Gasteiger partial charge in [0.2, 0.25) is 5.01 Å². The smallest absolute Gasteiger partial charge is 0.286 e. The van der Waals surface area contributed by atoms with Gasteiger partial charge in [-0.25, -0.2) is 0 Å². The minimum Gasteiger partial charge on any atom is -0.379 e. The van der Waals surface area contributed by atoms with E-state index in [1.165, 1.54) is 11.3 Å². The number of anilines is 1. The monoisotopic (exact) mass is 376 g/mol. The summed E-state index contributed by atoms with van der Waals surface area (Å²) in [6.07, 6.45) is 1.67. The molecule has 0 saturated carbocycles. The van der Waals surface area contributed by atoms with Crippen molar-refractivity contribution in [3.05, 3.63) is 39.8 Å². The summed E-state index contributed by atoms with van der Waals surface area (Å²) in [5.41, 5.74) is 1.03. The maximum atomic E-state index is 12.2. The van der Waals surface area contributed by atoms with E-state index in [4.69, 9.17) is 4.74 Å². The van der Waals surface area contributed by atoms with E-state index in [-0.39, 0.29) is 17.9 Å². The number of nitrogens with zero attached hydrogens (tertiary/aromatic N) is 2. The molecular weight excluding hydrogens is 352 g/mol. The van der Waals surface area contributed by atoms with E-state index >= 15 is 0 Å². The highest BCUT2D eigenvalue weighted by Gasteiger charge is 2.13. The van der Waals surface area contributed by atoms with E-state index < -0.39 is 0 Å². The maximum absolute atomic E-state index is 12.2. The minimum absolute atomic E-state index is 0.185. The molecule has 0 aliphatic heterocycles. The van der Waals surface area contributed by atoms with Crippen molar-refractivity contribution in [1.82, 2.24) is 15.5 Å². The van der Waals surface area contributed by atoms with Crippen LogP contribution in [0.25, 0.3) is 0 Å². The zero-order valence-corrected chi connectivity index (χ0v) is 16.1. The number of aromatic nitrogens is 2. The molecule has 0 unspecified atom stereocenters. The van der Waals surface area contributed by atoms with Gasteiger partial charge < -0.3 is 15.4 Å². The molecule has 0 bridgehead atoms. The minimum atomic E-state index is -0.328. The van der Waals surface area contributed by atoms with E-state index in [2.05, 4.69) is 20.8 Å². The molecule has 0 spiro atoms. The lowest BCUT2D eigenvalue weighted by Gasteiger charge is -2.09. The molecule has 0 atom stereocenters. The molecule has 1 heterocycles. The van der Waals surface area contributed by atoms with E-state index in [0.29, 0.717) is 29.4 Å². The molecule has 2 rings (SSSR count). The van der Waals surface area contributed by atoms with Crippen LogP contribution in [0.2, 0.25) is 0 Å². The van der Waals surface area contributed by atoms with Crippen molar-refractivity contribution < 1.29 is 14.3 Å². The van der Waals surface area contributed by atoms with Crippen LogP contribution >= 0.6 is 11.3 Å². The molecule has 0 radical (unpaired) electrons. The van der Waals surface area contributed by atoms with Gasteiger partial charge in [-0.3, -0.25) is 9.59 Å². The molecule has 8 heteroatoms. The van der Waals surface area contributed by atoms with Gasteiger partial charge >= 0.3 is 0 Å². The van der Waals surface area contributed by atoms with Crippen LogP contribution in [-0.4, -0.2) is 41.3 Å². The Labute approximate surface area is 157 Å². The van der Waals surface area contributed by atoms with Crippen molar-refractivity contribution in [3.63, 3.8) is 0 Å². The summed E-state index contributed by atoms with van der Waals surface area (Å²) in [6, 6.07) is 6.80. The lowest BCUT2D eigenvalue weighted by Crippen LogP contribution is -2.25. The summed E-state index contributed by atoms with van der Waals surface area (Å²) < 4.78 is 5.44. The van der Waals surface area contributed by atoms with Gasteiger partial charge in [-0.1, -0.05) is 24.3 Å². The summed E-state index contributed by atoms with van der Waals surface area (Å²) in [7, 11) is 0. The first kappa shape index (κ1) is 20.0. The fourth-order valence-electron chi connectivity index (χ4n) is 2.11. The van der Waals surface area contributed by atoms with E-state index in [1.54, 1.807) is 24.3 Å². The second kappa shape index (κ2) is 9.98. The molecule has 1 aromatic heterocycles. The number of ether oxygens (including phenoxy) is 1. The van der Waals surface area contributed by atoms with Crippen LogP contribution in [-0.2, 0) is 11.2 Å². The Hall–Kier alpha value is -2.32.